The first-order chi connectivity index (χ1) is 10.2. The third-order valence-electron chi connectivity index (χ3n) is 2.92. The van der Waals surface area contributed by atoms with Crippen LogP contribution in [-0.2, 0) is 0 Å². The summed E-state index contributed by atoms with van der Waals surface area (Å²) in [5.41, 5.74) is 5.23. The van der Waals surface area contributed by atoms with Gasteiger partial charge in [-0.2, -0.15) is 0 Å². The van der Waals surface area contributed by atoms with E-state index in [-0.39, 0.29) is 17.4 Å². The van der Waals surface area contributed by atoms with Crippen LogP contribution in [0.2, 0.25) is 0 Å². The van der Waals surface area contributed by atoms with Crippen LogP contribution in [0.1, 0.15) is 41.6 Å². The minimum atomic E-state index is -0.631. The van der Waals surface area contributed by atoms with Crippen molar-refractivity contribution in [2.45, 2.75) is 26.3 Å². The summed E-state index contributed by atoms with van der Waals surface area (Å²) in [7, 11) is 0. The third-order valence-corrected chi connectivity index (χ3v) is 3.75. The first kappa shape index (κ1) is 16.0. The van der Waals surface area contributed by atoms with E-state index < -0.39 is 11.4 Å². The Hall–Kier alpha value is -2.41. The number of amides is 2. The minimum absolute atomic E-state index is 0.0871. The molecule has 0 aliphatic rings. The van der Waals surface area contributed by atoms with Crippen LogP contribution in [0.5, 0.6) is 5.75 Å². The Bertz CT molecular complexity index is 702. The number of primary amides is 1. The summed E-state index contributed by atoms with van der Waals surface area (Å²) in [5.74, 6) is -0.810. The lowest BCUT2D eigenvalue weighted by molar-refractivity contribution is 0.0961. The van der Waals surface area contributed by atoms with E-state index in [0.29, 0.717) is 10.7 Å². The zero-order valence-electron chi connectivity index (χ0n) is 12.5. The normalized spacial score (nSPS) is 11.2. The van der Waals surface area contributed by atoms with Crippen molar-refractivity contribution < 1.29 is 14.7 Å². The number of nitrogens with two attached hydrogens (primary N) is 1. The number of nitrogens with zero attached hydrogens (tertiary/aromatic N) is 2. The highest BCUT2D eigenvalue weighted by atomic mass is 32.1. The summed E-state index contributed by atoms with van der Waals surface area (Å²) in [6, 6.07) is 5.98. The SMILES string of the molecule is CC(C)(C)N(C(=O)c1ccc(O)cc1)c1nc(C(N)=O)cs1. The van der Waals surface area contributed by atoms with Gasteiger partial charge in [0.25, 0.3) is 11.8 Å². The smallest absolute Gasteiger partial charge is 0.268 e. The molecule has 0 aliphatic heterocycles. The van der Waals surface area contributed by atoms with E-state index in [4.69, 9.17) is 5.73 Å². The van der Waals surface area contributed by atoms with Gasteiger partial charge in [-0.15, -0.1) is 11.3 Å². The van der Waals surface area contributed by atoms with Gasteiger partial charge in [-0.25, -0.2) is 4.98 Å². The molecule has 0 radical (unpaired) electrons. The molecule has 2 amide bonds. The van der Waals surface area contributed by atoms with Gasteiger partial charge in [0.05, 0.1) is 0 Å². The van der Waals surface area contributed by atoms with Crippen molar-refractivity contribution in [3.8, 4) is 5.75 Å². The summed E-state index contributed by atoms with van der Waals surface area (Å²) in [6.45, 7) is 5.62. The van der Waals surface area contributed by atoms with E-state index in [0.717, 1.165) is 0 Å². The van der Waals surface area contributed by atoms with Crippen LogP contribution < -0.4 is 10.6 Å². The predicted octanol–water partition coefficient (Wildman–Crippen LogP) is 2.39. The van der Waals surface area contributed by atoms with Gasteiger partial charge in [0.15, 0.2) is 5.13 Å². The molecule has 0 fully saturated rings. The second-order valence-electron chi connectivity index (χ2n) is 5.74. The van der Waals surface area contributed by atoms with E-state index in [9.17, 15) is 14.7 Å². The van der Waals surface area contributed by atoms with E-state index in [1.54, 1.807) is 12.1 Å². The van der Waals surface area contributed by atoms with Crippen molar-refractivity contribution in [3.05, 3.63) is 40.9 Å². The van der Waals surface area contributed by atoms with Gasteiger partial charge in [0, 0.05) is 16.5 Å². The average molecular weight is 319 g/mol. The van der Waals surface area contributed by atoms with Crippen molar-refractivity contribution in [1.29, 1.82) is 0 Å². The highest BCUT2D eigenvalue weighted by Crippen LogP contribution is 2.29. The van der Waals surface area contributed by atoms with Crippen LogP contribution in [0.25, 0.3) is 0 Å². The Morgan fingerprint density at radius 2 is 1.82 bits per heavy atom. The number of aromatic hydroxyl groups is 1. The maximum absolute atomic E-state index is 12.8. The minimum Gasteiger partial charge on any atom is -0.508 e. The first-order valence-corrected chi connectivity index (χ1v) is 7.47. The molecule has 22 heavy (non-hydrogen) atoms. The highest BCUT2D eigenvalue weighted by molar-refractivity contribution is 7.14. The molecule has 3 N–H and O–H groups in total. The number of hydrogen-bond acceptors (Lipinski definition) is 5. The molecule has 0 bridgehead atoms. The van der Waals surface area contributed by atoms with Crippen molar-refractivity contribution >= 4 is 28.3 Å². The summed E-state index contributed by atoms with van der Waals surface area (Å²) in [4.78, 5) is 29.6. The first-order valence-electron chi connectivity index (χ1n) is 6.59. The van der Waals surface area contributed by atoms with Gasteiger partial charge < -0.3 is 10.8 Å². The lowest BCUT2D eigenvalue weighted by Crippen LogP contribution is -2.46. The van der Waals surface area contributed by atoms with Crippen LogP contribution in [-0.4, -0.2) is 27.4 Å². The zero-order valence-corrected chi connectivity index (χ0v) is 13.3. The van der Waals surface area contributed by atoms with Crippen LogP contribution in [0.15, 0.2) is 29.6 Å². The van der Waals surface area contributed by atoms with Crippen LogP contribution in [0.3, 0.4) is 0 Å². The lowest BCUT2D eigenvalue weighted by atomic mass is 10.0. The molecular weight excluding hydrogens is 302 g/mol. The molecule has 1 aromatic heterocycles. The number of anilines is 1. The number of carbonyl (C=O) groups is 2. The van der Waals surface area contributed by atoms with Gasteiger partial charge in [0.1, 0.15) is 11.4 Å². The maximum Gasteiger partial charge on any atom is 0.268 e. The molecule has 0 aliphatic carbocycles. The van der Waals surface area contributed by atoms with Gasteiger partial charge in [0.2, 0.25) is 0 Å². The molecule has 116 valence electrons. The topological polar surface area (TPSA) is 96.5 Å². The van der Waals surface area contributed by atoms with Gasteiger partial charge in [-0.1, -0.05) is 0 Å². The molecule has 6 nitrogen and oxygen atoms in total. The Balaban J connectivity index is 2.44. The number of phenolic OH excluding ortho intramolecular Hbond substituents is 1. The molecular formula is C15H17N3O3S. The van der Waals surface area contributed by atoms with Gasteiger partial charge in [-0.05, 0) is 45.0 Å². The molecule has 2 aromatic rings. The quantitative estimate of drug-likeness (QED) is 0.907. The predicted molar refractivity (Wildman–Crippen MR) is 85.3 cm³/mol. The molecule has 7 heteroatoms. The molecule has 0 saturated heterocycles. The molecule has 0 atom stereocenters. The van der Waals surface area contributed by atoms with Crippen molar-refractivity contribution in [2.24, 2.45) is 5.73 Å². The van der Waals surface area contributed by atoms with Crippen LogP contribution in [0, 0.1) is 0 Å². The summed E-state index contributed by atoms with van der Waals surface area (Å²) in [6.07, 6.45) is 0. The number of hydrogen-bond donors (Lipinski definition) is 2. The van der Waals surface area contributed by atoms with E-state index in [2.05, 4.69) is 4.98 Å². The fourth-order valence-corrected chi connectivity index (χ4v) is 2.89. The average Bonchev–Trinajstić information content (AvgIpc) is 2.87. The number of rotatable bonds is 3. The van der Waals surface area contributed by atoms with Gasteiger partial charge in [-0.3, -0.25) is 14.5 Å². The largest absolute Gasteiger partial charge is 0.508 e. The Morgan fingerprint density at radius 3 is 2.27 bits per heavy atom. The molecule has 0 spiro atoms. The number of thiazole rings is 1. The maximum atomic E-state index is 12.8. The molecule has 0 saturated carbocycles. The highest BCUT2D eigenvalue weighted by Gasteiger charge is 2.31. The summed E-state index contributed by atoms with van der Waals surface area (Å²) >= 11 is 1.18. The molecule has 1 heterocycles. The van der Waals surface area contributed by atoms with Crippen LogP contribution >= 0.6 is 11.3 Å². The van der Waals surface area contributed by atoms with Crippen molar-refractivity contribution in [1.82, 2.24) is 4.98 Å². The van der Waals surface area contributed by atoms with Crippen molar-refractivity contribution in [3.63, 3.8) is 0 Å². The number of carbonyl (C=O) groups excluding carboxylic acids is 2. The monoisotopic (exact) mass is 319 g/mol. The molecule has 0 unspecified atom stereocenters. The van der Waals surface area contributed by atoms with Crippen molar-refractivity contribution in [2.75, 3.05) is 4.90 Å². The fourth-order valence-electron chi connectivity index (χ4n) is 1.89. The second-order valence-corrected chi connectivity index (χ2v) is 6.57. The number of aromatic nitrogens is 1. The number of phenols is 1. The summed E-state index contributed by atoms with van der Waals surface area (Å²) in [5, 5.41) is 11.3. The van der Waals surface area contributed by atoms with Gasteiger partial charge >= 0.3 is 0 Å². The van der Waals surface area contributed by atoms with E-state index in [1.165, 1.54) is 33.7 Å². The number of benzene rings is 1. The Morgan fingerprint density at radius 1 is 1.23 bits per heavy atom. The molecule has 2 rings (SSSR count). The lowest BCUT2D eigenvalue weighted by Gasteiger charge is -2.33. The summed E-state index contributed by atoms with van der Waals surface area (Å²) < 4.78 is 0. The Kier molecular flexibility index (Phi) is 4.18. The standard InChI is InChI=1S/C15H17N3O3S/c1-15(2,3)18(14-17-11(8-22-14)12(16)20)13(21)9-4-6-10(19)7-5-9/h4-8,19H,1-3H3,(H2,16,20). The third kappa shape index (κ3) is 3.25. The van der Waals surface area contributed by atoms with Crippen LogP contribution in [0.4, 0.5) is 5.13 Å². The van der Waals surface area contributed by atoms with E-state index in [1.807, 2.05) is 20.8 Å². The van der Waals surface area contributed by atoms with E-state index >= 15 is 0 Å². The fraction of sp³-hybridized carbons (Fsp3) is 0.267. The second kappa shape index (κ2) is 5.76. The zero-order chi connectivity index (χ0) is 16.5. The molecule has 1 aromatic carbocycles. The Labute approximate surface area is 132 Å².